The molecule has 2 amide bonds. The molecule has 0 fully saturated rings. The smallest absolute Gasteiger partial charge is 0.319 e. The first kappa shape index (κ1) is 18.9. The van der Waals surface area contributed by atoms with E-state index in [9.17, 15) is 13.6 Å². The average molecular weight is 390 g/mol. The fraction of sp³-hybridized carbons (Fsp3) is 0.150. The highest BCUT2D eigenvalue weighted by Crippen LogP contribution is 2.22. The number of amides is 2. The lowest BCUT2D eigenvalue weighted by atomic mass is 10.2. The van der Waals surface area contributed by atoms with Crippen LogP contribution in [0.1, 0.15) is 17.0 Å². The number of hydrogen-bond acceptors (Lipinski definition) is 1. The second-order valence-corrected chi connectivity index (χ2v) is 6.58. The lowest BCUT2D eigenvalue weighted by Crippen LogP contribution is -2.28. The third kappa shape index (κ3) is 4.28. The van der Waals surface area contributed by atoms with Crippen LogP contribution in [0.25, 0.3) is 5.69 Å². The number of urea groups is 1. The molecule has 0 aliphatic carbocycles. The number of aromatic nitrogens is 1. The Morgan fingerprint density at radius 2 is 1.78 bits per heavy atom. The molecule has 3 aromatic rings. The molecule has 0 aliphatic rings. The SMILES string of the molecule is Cc1cc(CNC(=O)Nc2ccc(F)cc2F)c(C)n1-c1ccc(Cl)cc1. The molecule has 0 atom stereocenters. The number of halogens is 3. The van der Waals surface area contributed by atoms with Crippen LogP contribution in [0.4, 0.5) is 19.3 Å². The van der Waals surface area contributed by atoms with Crippen LogP contribution < -0.4 is 10.6 Å². The number of benzene rings is 2. The Morgan fingerprint density at radius 3 is 2.44 bits per heavy atom. The van der Waals surface area contributed by atoms with Crippen molar-refractivity contribution in [1.29, 1.82) is 0 Å². The molecule has 0 bridgehead atoms. The van der Waals surface area contributed by atoms with Crippen LogP contribution in [-0.2, 0) is 6.54 Å². The van der Waals surface area contributed by atoms with Gasteiger partial charge in [-0.2, -0.15) is 0 Å². The number of nitrogens with one attached hydrogen (secondary N) is 2. The molecule has 2 N–H and O–H groups in total. The standard InChI is InChI=1S/C20H18ClF2N3O/c1-12-9-14(13(2)26(12)17-6-3-15(21)4-7-17)11-24-20(27)25-19-8-5-16(22)10-18(19)23/h3-10H,11H2,1-2H3,(H2,24,25,27). The third-order valence-corrected chi connectivity index (χ3v) is 4.49. The van der Waals surface area contributed by atoms with E-state index in [4.69, 9.17) is 11.6 Å². The normalized spacial score (nSPS) is 10.7. The molecule has 2 aromatic carbocycles. The molecule has 140 valence electrons. The number of carbonyl (C=O) groups is 1. The van der Waals surface area contributed by atoms with E-state index in [1.165, 1.54) is 6.07 Å². The summed E-state index contributed by atoms with van der Waals surface area (Å²) in [6, 6.07) is 11.9. The number of aryl methyl sites for hydroxylation is 1. The first-order valence-electron chi connectivity index (χ1n) is 8.29. The van der Waals surface area contributed by atoms with Crippen LogP contribution in [0.3, 0.4) is 0 Å². The molecule has 1 heterocycles. The summed E-state index contributed by atoms with van der Waals surface area (Å²) in [5, 5.41) is 5.72. The van der Waals surface area contributed by atoms with Gasteiger partial charge >= 0.3 is 6.03 Å². The molecular weight excluding hydrogens is 372 g/mol. The molecular formula is C20H18ClF2N3O. The molecule has 0 saturated heterocycles. The minimum Gasteiger partial charge on any atom is -0.334 e. The molecule has 0 radical (unpaired) electrons. The van der Waals surface area contributed by atoms with Crippen molar-refractivity contribution in [3.63, 3.8) is 0 Å². The summed E-state index contributed by atoms with van der Waals surface area (Å²) in [6.45, 7) is 4.19. The van der Waals surface area contributed by atoms with Gasteiger partial charge in [0.15, 0.2) is 0 Å². The van der Waals surface area contributed by atoms with Crippen LogP contribution in [0, 0.1) is 25.5 Å². The van der Waals surface area contributed by atoms with Gasteiger partial charge in [-0.05, 0) is 61.9 Å². The van der Waals surface area contributed by atoms with E-state index in [1.54, 1.807) is 0 Å². The maximum atomic E-state index is 13.6. The molecule has 0 spiro atoms. The molecule has 0 saturated carbocycles. The van der Waals surface area contributed by atoms with E-state index in [2.05, 4.69) is 15.2 Å². The first-order valence-corrected chi connectivity index (χ1v) is 8.66. The number of rotatable bonds is 4. The second kappa shape index (κ2) is 7.80. The van der Waals surface area contributed by atoms with Crippen molar-refractivity contribution in [3.05, 3.63) is 82.1 Å². The highest BCUT2D eigenvalue weighted by Gasteiger charge is 2.13. The summed E-state index contributed by atoms with van der Waals surface area (Å²) in [4.78, 5) is 12.0. The predicted molar refractivity (Wildman–Crippen MR) is 102 cm³/mol. The molecule has 4 nitrogen and oxygen atoms in total. The van der Waals surface area contributed by atoms with Crippen molar-refractivity contribution in [3.8, 4) is 5.69 Å². The van der Waals surface area contributed by atoms with E-state index in [-0.39, 0.29) is 12.2 Å². The third-order valence-electron chi connectivity index (χ3n) is 4.24. The molecule has 7 heteroatoms. The molecule has 27 heavy (non-hydrogen) atoms. The van der Waals surface area contributed by atoms with Gasteiger partial charge in [-0.15, -0.1) is 0 Å². The maximum Gasteiger partial charge on any atom is 0.319 e. The quantitative estimate of drug-likeness (QED) is 0.621. The highest BCUT2D eigenvalue weighted by molar-refractivity contribution is 6.30. The van der Waals surface area contributed by atoms with Crippen LogP contribution in [0.5, 0.6) is 0 Å². The zero-order valence-electron chi connectivity index (χ0n) is 14.8. The van der Waals surface area contributed by atoms with Crippen LogP contribution in [0.15, 0.2) is 48.5 Å². The summed E-state index contributed by atoms with van der Waals surface area (Å²) >= 11 is 5.94. The summed E-state index contributed by atoms with van der Waals surface area (Å²) in [5.74, 6) is -1.53. The van der Waals surface area contributed by atoms with E-state index < -0.39 is 17.7 Å². The Balaban J connectivity index is 1.70. The van der Waals surface area contributed by atoms with Crippen molar-refractivity contribution < 1.29 is 13.6 Å². The Kier molecular flexibility index (Phi) is 5.46. The van der Waals surface area contributed by atoms with Gasteiger partial charge in [0.05, 0.1) is 5.69 Å². The van der Waals surface area contributed by atoms with Crippen molar-refractivity contribution in [1.82, 2.24) is 9.88 Å². The van der Waals surface area contributed by atoms with E-state index >= 15 is 0 Å². The van der Waals surface area contributed by atoms with Crippen LogP contribution in [0.2, 0.25) is 5.02 Å². The van der Waals surface area contributed by atoms with Crippen LogP contribution >= 0.6 is 11.6 Å². The molecule has 1 aromatic heterocycles. The average Bonchev–Trinajstić information content (AvgIpc) is 2.90. The van der Waals surface area contributed by atoms with Gasteiger partial charge in [0.2, 0.25) is 0 Å². The van der Waals surface area contributed by atoms with Crippen molar-refractivity contribution in [2.75, 3.05) is 5.32 Å². The van der Waals surface area contributed by atoms with Gasteiger partial charge < -0.3 is 15.2 Å². The van der Waals surface area contributed by atoms with Gasteiger partial charge in [-0.1, -0.05) is 11.6 Å². The molecule has 0 unspecified atom stereocenters. The zero-order valence-corrected chi connectivity index (χ0v) is 15.6. The van der Waals surface area contributed by atoms with Gasteiger partial charge in [-0.25, -0.2) is 13.6 Å². The lowest BCUT2D eigenvalue weighted by molar-refractivity contribution is 0.251. The Bertz CT molecular complexity index is 984. The largest absolute Gasteiger partial charge is 0.334 e. The summed E-state index contributed by atoms with van der Waals surface area (Å²) in [5.41, 5.74) is 3.80. The van der Waals surface area contributed by atoms with E-state index in [0.717, 1.165) is 34.8 Å². The molecule has 3 rings (SSSR count). The van der Waals surface area contributed by atoms with Gasteiger partial charge in [0.25, 0.3) is 0 Å². The summed E-state index contributed by atoms with van der Waals surface area (Å²) in [6.07, 6.45) is 0. The first-order chi connectivity index (χ1) is 12.8. The van der Waals surface area contributed by atoms with E-state index in [1.807, 2.05) is 44.2 Å². The van der Waals surface area contributed by atoms with Crippen molar-refractivity contribution >= 4 is 23.3 Å². The van der Waals surface area contributed by atoms with Gasteiger partial charge in [0.1, 0.15) is 11.6 Å². The fourth-order valence-electron chi connectivity index (χ4n) is 2.93. The van der Waals surface area contributed by atoms with Crippen molar-refractivity contribution in [2.24, 2.45) is 0 Å². The summed E-state index contributed by atoms with van der Waals surface area (Å²) < 4.78 is 28.6. The highest BCUT2D eigenvalue weighted by atomic mass is 35.5. The van der Waals surface area contributed by atoms with Gasteiger partial charge in [0, 0.05) is 34.7 Å². The van der Waals surface area contributed by atoms with Gasteiger partial charge in [-0.3, -0.25) is 0 Å². The number of hydrogen-bond donors (Lipinski definition) is 2. The van der Waals surface area contributed by atoms with Crippen LogP contribution in [-0.4, -0.2) is 10.6 Å². The Morgan fingerprint density at radius 1 is 1.07 bits per heavy atom. The predicted octanol–water partition coefficient (Wildman–Crippen LogP) is 5.35. The monoisotopic (exact) mass is 389 g/mol. The number of anilines is 1. The lowest BCUT2D eigenvalue weighted by Gasteiger charge is -2.11. The zero-order chi connectivity index (χ0) is 19.6. The molecule has 0 aliphatic heterocycles. The second-order valence-electron chi connectivity index (χ2n) is 6.14. The number of nitrogens with zero attached hydrogens (tertiary/aromatic N) is 1. The maximum absolute atomic E-state index is 13.6. The summed E-state index contributed by atoms with van der Waals surface area (Å²) in [7, 11) is 0. The van der Waals surface area contributed by atoms with Crippen molar-refractivity contribution in [2.45, 2.75) is 20.4 Å². The minimum absolute atomic E-state index is 0.0828. The topological polar surface area (TPSA) is 46.1 Å². The Labute approximate surface area is 160 Å². The Hall–Kier alpha value is -2.86. The number of carbonyl (C=O) groups excluding carboxylic acids is 1. The van der Waals surface area contributed by atoms with E-state index in [0.29, 0.717) is 5.02 Å². The minimum atomic E-state index is -0.828. The fourth-order valence-corrected chi connectivity index (χ4v) is 3.05.